The number of nitrogens with two attached hydrogens (primary N) is 1. The Morgan fingerprint density at radius 3 is 2.12 bits per heavy atom. The molecule has 0 saturated carbocycles. The van der Waals surface area contributed by atoms with Crippen LogP contribution in [0.25, 0.3) is 0 Å². The highest BCUT2D eigenvalue weighted by Gasteiger charge is 2.12. The lowest BCUT2D eigenvalue weighted by Crippen LogP contribution is -2.41. The van der Waals surface area contributed by atoms with Crippen LogP contribution in [0.2, 0.25) is 0 Å². The summed E-state index contributed by atoms with van der Waals surface area (Å²) in [4.78, 5) is 11.5. The Hall–Kier alpha value is -0.280. The van der Waals surface area contributed by atoms with E-state index < -0.39 is 0 Å². The van der Waals surface area contributed by atoms with Gasteiger partial charge in [0.2, 0.25) is 5.91 Å². The van der Waals surface area contributed by atoms with Gasteiger partial charge in [0.25, 0.3) is 0 Å². The van der Waals surface area contributed by atoms with Gasteiger partial charge in [-0.1, -0.05) is 27.7 Å². The van der Waals surface area contributed by atoms with Crippen LogP contribution in [0.5, 0.6) is 0 Å². The van der Waals surface area contributed by atoms with E-state index in [9.17, 15) is 4.79 Å². The van der Waals surface area contributed by atoms with Crippen LogP contribution in [0.4, 0.5) is 0 Å². The van der Waals surface area contributed by atoms with Gasteiger partial charge in [-0.2, -0.15) is 0 Å². The van der Waals surface area contributed by atoms with E-state index >= 15 is 0 Å². The second-order valence-corrected chi connectivity index (χ2v) is 5.06. The van der Waals surface area contributed by atoms with E-state index in [1.165, 1.54) is 0 Å². The Morgan fingerprint density at radius 1 is 1.19 bits per heavy atom. The van der Waals surface area contributed by atoms with Crippen LogP contribution in [0, 0.1) is 11.8 Å². The Bertz CT molecular complexity index is 184. The van der Waals surface area contributed by atoms with Crippen LogP contribution in [0.1, 0.15) is 47.0 Å². The maximum Gasteiger partial charge on any atom is 0.220 e. The van der Waals surface area contributed by atoms with Crippen LogP contribution in [0.3, 0.4) is 0 Å². The number of carbonyl (C=O) groups is 1. The molecule has 0 fully saturated rings. The second-order valence-electron chi connectivity index (χ2n) is 5.06. The zero-order chi connectivity index (χ0) is 11.8. The summed E-state index contributed by atoms with van der Waals surface area (Å²) in [5.41, 5.74) is 5.61. The summed E-state index contributed by atoms with van der Waals surface area (Å²) in [5.74, 6) is 1.29. The maximum atomic E-state index is 11.5. The van der Waals surface area contributed by atoms with Gasteiger partial charge in [-0.05, 0) is 24.7 Å². The molecule has 0 aromatic carbocycles. The standard InChI is InChI=1S/C12H26N2O.ClH/c1-9(2)5-6-12(15)14-11(8-13)7-10(3)4;/h9-11H,5-8,13H2,1-4H3,(H,14,15);1H. The van der Waals surface area contributed by atoms with Gasteiger partial charge in [-0.3, -0.25) is 4.79 Å². The molecule has 0 heterocycles. The highest BCUT2D eigenvalue weighted by molar-refractivity contribution is 5.85. The van der Waals surface area contributed by atoms with Gasteiger partial charge in [0.15, 0.2) is 0 Å². The predicted molar refractivity (Wildman–Crippen MR) is 71.8 cm³/mol. The van der Waals surface area contributed by atoms with E-state index in [4.69, 9.17) is 5.73 Å². The lowest BCUT2D eigenvalue weighted by Gasteiger charge is -2.19. The molecule has 0 saturated heterocycles. The summed E-state index contributed by atoms with van der Waals surface area (Å²) in [6.45, 7) is 9.07. The molecular formula is C12H27ClN2O. The molecule has 0 rings (SSSR count). The zero-order valence-electron chi connectivity index (χ0n) is 11.0. The number of carbonyl (C=O) groups excluding carboxylic acids is 1. The van der Waals surface area contributed by atoms with Gasteiger partial charge in [0, 0.05) is 19.0 Å². The van der Waals surface area contributed by atoms with Crippen molar-refractivity contribution in [2.75, 3.05) is 6.54 Å². The van der Waals surface area contributed by atoms with Crippen molar-refractivity contribution < 1.29 is 4.79 Å². The van der Waals surface area contributed by atoms with Crippen molar-refractivity contribution in [3.8, 4) is 0 Å². The first-order valence-electron chi connectivity index (χ1n) is 5.95. The molecule has 0 spiro atoms. The SMILES string of the molecule is CC(C)CCC(=O)NC(CN)CC(C)C.Cl. The van der Waals surface area contributed by atoms with Crippen molar-refractivity contribution in [3.63, 3.8) is 0 Å². The maximum absolute atomic E-state index is 11.5. The van der Waals surface area contributed by atoms with Gasteiger partial charge >= 0.3 is 0 Å². The van der Waals surface area contributed by atoms with Crippen molar-refractivity contribution >= 4 is 18.3 Å². The molecule has 16 heavy (non-hydrogen) atoms. The van der Waals surface area contributed by atoms with Crippen LogP contribution in [0.15, 0.2) is 0 Å². The molecule has 0 radical (unpaired) electrons. The summed E-state index contributed by atoms with van der Waals surface area (Å²) < 4.78 is 0. The average molecular weight is 251 g/mol. The van der Waals surface area contributed by atoms with Gasteiger partial charge in [0.1, 0.15) is 0 Å². The molecule has 1 amide bonds. The molecule has 0 aliphatic rings. The fraction of sp³-hybridized carbons (Fsp3) is 0.917. The van der Waals surface area contributed by atoms with E-state index in [2.05, 4.69) is 33.0 Å². The zero-order valence-corrected chi connectivity index (χ0v) is 11.8. The minimum Gasteiger partial charge on any atom is -0.352 e. The van der Waals surface area contributed by atoms with Crippen LogP contribution >= 0.6 is 12.4 Å². The van der Waals surface area contributed by atoms with Gasteiger partial charge in [-0.15, -0.1) is 12.4 Å². The van der Waals surface area contributed by atoms with E-state index in [1.807, 2.05) is 0 Å². The number of halogens is 1. The first kappa shape index (κ1) is 18.1. The van der Waals surface area contributed by atoms with Crippen LogP contribution in [-0.4, -0.2) is 18.5 Å². The average Bonchev–Trinajstić information content (AvgIpc) is 2.13. The normalized spacial score (nSPS) is 12.4. The molecule has 1 unspecified atom stereocenters. The lowest BCUT2D eigenvalue weighted by molar-refractivity contribution is -0.122. The quantitative estimate of drug-likeness (QED) is 0.729. The number of rotatable bonds is 7. The number of amides is 1. The monoisotopic (exact) mass is 250 g/mol. The molecule has 0 bridgehead atoms. The highest BCUT2D eigenvalue weighted by Crippen LogP contribution is 2.06. The fourth-order valence-electron chi connectivity index (χ4n) is 1.50. The van der Waals surface area contributed by atoms with E-state index in [0.29, 0.717) is 24.8 Å². The van der Waals surface area contributed by atoms with Crippen molar-refractivity contribution in [1.29, 1.82) is 0 Å². The Morgan fingerprint density at radius 2 is 1.75 bits per heavy atom. The smallest absolute Gasteiger partial charge is 0.220 e. The van der Waals surface area contributed by atoms with Crippen molar-refractivity contribution in [3.05, 3.63) is 0 Å². The molecular weight excluding hydrogens is 224 g/mol. The predicted octanol–water partition coefficient (Wildman–Crippen LogP) is 2.33. The third-order valence-electron chi connectivity index (χ3n) is 2.35. The highest BCUT2D eigenvalue weighted by atomic mass is 35.5. The lowest BCUT2D eigenvalue weighted by atomic mass is 10.0. The molecule has 0 aliphatic carbocycles. The fourth-order valence-corrected chi connectivity index (χ4v) is 1.50. The topological polar surface area (TPSA) is 55.1 Å². The minimum absolute atomic E-state index is 0. The molecule has 3 N–H and O–H groups in total. The summed E-state index contributed by atoms with van der Waals surface area (Å²) in [6.07, 6.45) is 2.53. The molecule has 98 valence electrons. The molecule has 0 aromatic heterocycles. The Labute approximate surface area is 106 Å². The Kier molecular flexibility index (Phi) is 11.2. The summed E-state index contributed by atoms with van der Waals surface area (Å²) >= 11 is 0. The van der Waals surface area contributed by atoms with Gasteiger partial charge in [-0.25, -0.2) is 0 Å². The summed E-state index contributed by atoms with van der Waals surface area (Å²) in [7, 11) is 0. The van der Waals surface area contributed by atoms with E-state index in [1.54, 1.807) is 0 Å². The van der Waals surface area contributed by atoms with Gasteiger partial charge < -0.3 is 11.1 Å². The number of nitrogens with one attached hydrogen (secondary N) is 1. The van der Waals surface area contributed by atoms with Crippen molar-refractivity contribution in [2.24, 2.45) is 17.6 Å². The van der Waals surface area contributed by atoms with Crippen molar-refractivity contribution in [1.82, 2.24) is 5.32 Å². The third-order valence-corrected chi connectivity index (χ3v) is 2.35. The third kappa shape index (κ3) is 10.2. The summed E-state index contributed by atoms with van der Waals surface area (Å²) in [5, 5.41) is 2.99. The van der Waals surface area contributed by atoms with Crippen LogP contribution < -0.4 is 11.1 Å². The Balaban J connectivity index is 0. The number of hydrogen-bond acceptors (Lipinski definition) is 2. The molecule has 0 aromatic rings. The van der Waals surface area contributed by atoms with E-state index in [0.717, 1.165) is 12.8 Å². The van der Waals surface area contributed by atoms with Crippen LogP contribution in [-0.2, 0) is 4.79 Å². The summed E-state index contributed by atoms with van der Waals surface area (Å²) in [6, 6.07) is 0.143. The second kappa shape index (κ2) is 9.91. The van der Waals surface area contributed by atoms with Gasteiger partial charge in [0.05, 0.1) is 0 Å². The van der Waals surface area contributed by atoms with E-state index in [-0.39, 0.29) is 24.4 Å². The first-order valence-corrected chi connectivity index (χ1v) is 5.95. The molecule has 4 heteroatoms. The molecule has 3 nitrogen and oxygen atoms in total. The van der Waals surface area contributed by atoms with Crippen molar-refractivity contribution in [2.45, 2.75) is 53.0 Å². The minimum atomic E-state index is 0. The molecule has 1 atom stereocenters. The molecule has 0 aliphatic heterocycles. The first-order chi connectivity index (χ1) is 6.95. The largest absolute Gasteiger partial charge is 0.352 e. The number of hydrogen-bond donors (Lipinski definition) is 2.